The van der Waals surface area contributed by atoms with Crippen molar-refractivity contribution in [2.45, 2.75) is 26.3 Å². The number of hydrogen-bond acceptors (Lipinski definition) is 2. The molecular weight excluding hydrogens is 317 g/mol. The van der Waals surface area contributed by atoms with E-state index in [0.29, 0.717) is 10.0 Å². The first-order valence-electron chi connectivity index (χ1n) is 5.81. The van der Waals surface area contributed by atoms with Crippen molar-refractivity contribution in [2.24, 2.45) is 5.92 Å². The van der Waals surface area contributed by atoms with Gasteiger partial charge in [0, 0.05) is 23.9 Å². The summed E-state index contributed by atoms with van der Waals surface area (Å²) < 4.78 is 13.7. The van der Waals surface area contributed by atoms with Crippen molar-refractivity contribution in [1.29, 1.82) is 0 Å². The summed E-state index contributed by atoms with van der Waals surface area (Å²) in [5.41, 5.74) is 0.638. The summed E-state index contributed by atoms with van der Waals surface area (Å²) in [5.74, 6) is -1.77. The van der Waals surface area contributed by atoms with Crippen LogP contribution < -0.4 is 5.32 Å². The lowest BCUT2D eigenvalue weighted by Crippen LogP contribution is -2.25. The van der Waals surface area contributed by atoms with Gasteiger partial charge in [-0.2, -0.15) is 0 Å². The number of carbonyl (C=O) groups is 2. The molecule has 0 spiro atoms. The van der Waals surface area contributed by atoms with Crippen LogP contribution in [0.15, 0.2) is 22.7 Å². The molecule has 1 aromatic rings. The quantitative estimate of drug-likeness (QED) is 0.842. The molecule has 0 saturated heterocycles. The summed E-state index contributed by atoms with van der Waals surface area (Å²) in [6.07, 6.45) is 0.0936. The SMILES string of the molecule is CC(CC(=O)O)CC(=O)NCc1cc(F)ccc1Br. The van der Waals surface area contributed by atoms with Gasteiger partial charge >= 0.3 is 5.97 Å². The van der Waals surface area contributed by atoms with Gasteiger partial charge in [-0.05, 0) is 29.7 Å². The van der Waals surface area contributed by atoms with E-state index in [4.69, 9.17) is 5.11 Å². The highest BCUT2D eigenvalue weighted by Gasteiger charge is 2.12. The molecule has 0 fully saturated rings. The second-order valence-corrected chi connectivity index (χ2v) is 5.27. The number of halogens is 2. The lowest BCUT2D eigenvalue weighted by atomic mass is 10.0. The number of benzene rings is 1. The van der Waals surface area contributed by atoms with E-state index in [1.165, 1.54) is 12.1 Å². The molecule has 1 unspecified atom stereocenters. The van der Waals surface area contributed by atoms with Gasteiger partial charge in [0.2, 0.25) is 5.91 Å². The van der Waals surface area contributed by atoms with Crippen LogP contribution in [0.5, 0.6) is 0 Å². The summed E-state index contributed by atoms with van der Waals surface area (Å²) in [6, 6.07) is 4.24. The summed E-state index contributed by atoms with van der Waals surface area (Å²) in [4.78, 5) is 22.1. The van der Waals surface area contributed by atoms with Crippen LogP contribution >= 0.6 is 15.9 Å². The average Bonchev–Trinajstić information content (AvgIpc) is 2.29. The van der Waals surface area contributed by atoms with Gasteiger partial charge in [-0.25, -0.2) is 4.39 Å². The average molecular weight is 332 g/mol. The van der Waals surface area contributed by atoms with Gasteiger partial charge in [0.15, 0.2) is 0 Å². The molecule has 0 aromatic heterocycles. The Balaban J connectivity index is 2.46. The van der Waals surface area contributed by atoms with E-state index in [1.807, 2.05) is 0 Å². The van der Waals surface area contributed by atoms with Gasteiger partial charge < -0.3 is 10.4 Å². The Hall–Kier alpha value is -1.43. The number of carbonyl (C=O) groups excluding carboxylic acids is 1. The molecule has 1 atom stereocenters. The van der Waals surface area contributed by atoms with E-state index in [0.717, 1.165) is 0 Å². The Morgan fingerprint density at radius 3 is 2.74 bits per heavy atom. The second kappa shape index (κ2) is 7.23. The zero-order valence-corrected chi connectivity index (χ0v) is 12.0. The molecule has 1 rings (SSSR count). The molecule has 0 aliphatic rings. The third-order valence-electron chi connectivity index (χ3n) is 2.54. The van der Waals surface area contributed by atoms with Crippen LogP contribution in [0, 0.1) is 11.7 Å². The number of rotatable bonds is 6. The highest BCUT2D eigenvalue weighted by Crippen LogP contribution is 2.17. The van der Waals surface area contributed by atoms with Crippen molar-refractivity contribution in [3.8, 4) is 0 Å². The second-order valence-electron chi connectivity index (χ2n) is 4.42. The third kappa shape index (κ3) is 5.83. The van der Waals surface area contributed by atoms with Gasteiger partial charge in [0.25, 0.3) is 0 Å². The summed E-state index contributed by atoms with van der Waals surface area (Å²) >= 11 is 3.27. The summed E-state index contributed by atoms with van der Waals surface area (Å²) in [5, 5.41) is 11.2. The maximum Gasteiger partial charge on any atom is 0.303 e. The number of nitrogens with one attached hydrogen (secondary N) is 1. The number of aliphatic carboxylic acids is 1. The first kappa shape index (κ1) is 15.6. The Labute approximate surface area is 119 Å². The number of amides is 1. The van der Waals surface area contributed by atoms with Crippen molar-refractivity contribution < 1.29 is 19.1 Å². The topological polar surface area (TPSA) is 66.4 Å². The summed E-state index contributed by atoms with van der Waals surface area (Å²) in [7, 11) is 0. The van der Waals surface area contributed by atoms with E-state index >= 15 is 0 Å². The number of carboxylic acids is 1. The van der Waals surface area contributed by atoms with Gasteiger partial charge in [-0.3, -0.25) is 9.59 Å². The maximum absolute atomic E-state index is 13.0. The van der Waals surface area contributed by atoms with Crippen LogP contribution in [-0.4, -0.2) is 17.0 Å². The first-order valence-corrected chi connectivity index (χ1v) is 6.60. The van der Waals surface area contributed by atoms with Crippen molar-refractivity contribution in [1.82, 2.24) is 5.32 Å². The highest BCUT2D eigenvalue weighted by molar-refractivity contribution is 9.10. The molecule has 1 amide bonds. The standard InChI is InChI=1S/C13H15BrFNO3/c1-8(5-13(18)19)4-12(17)16-7-9-6-10(15)2-3-11(9)14/h2-3,6,8H,4-5,7H2,1H3,(H,16,17)(H,18,19). The van der Waals surface area contributed by atoms with E-state index in [2.05, 4.69) is 21.2 Å². The predicted octanol–water partition coefficient (Wildman–Crippen LogP) is 2.71. The van der Waals surface area contributed by atoms with Crippen LogP contribution in [-0.2, 0) is 16.1 Å². The van der Waals surface area contributed by atoms with E-state index in [-0.39, 0.29) is 37.0 Å². The van der Waals surface area contributed by atoms with Crippen molar-refractivity contribution >= 4 is 27.8 Å². The van der Waals surface area contributed by atoms with Crippen LogP contribution in [0.1, 0.15) is 25.3 Å². The largest absolute Gasteiger partial charge is 0.481 e. The maximum atomic E-state index is 13.0. The minimum Gasteiger partial charge on any atom is -0.481 e. The van der Waals surface area contributed by atoms with Gasteiger partial charge in [0.05, 0.1) is 0 Å². The lowest BCUT2D eigenvalue weighted by molar-refractivity contribution is -0.138. The van der Waals surface area contributed by atoms with Gasteiger partial charge in [-0.1, -0.05) is 22.9 Å². The van der Waals surface area contributed by atoms with Gasteiger partial charge in [0.1, 0.15) is 5.82 Å². The minimum absolute atomic E-state index is 0.0446. The van der Waals surface area contributed by atoms with Crippen molar-refractivity contribution in [3.05, 3.63) is 34.1 Å². The van der Waals surface area contributed by atoms with E-state index in [1.54, 1.807) is 13.0 Å². The Morgan fingerprint density at radius 2 is 2.11 bits per heavy atom. The highest BCUT2D eigenvalue weighted by atomic mass is 79.9. The Morgan fingerprint density at radius 1 is 1.42 bits per heavy atom. The van der Waals surface area contributed by atoms with E-state index < -0.39 is 5.97 Å². The normalized spacial score (nSPS) is 11.9. The molecule has 0 radical (unpaired) electrons. The number of hydrogen-bond donors (Lipinski definition) is 2. The lowest BCUT2D eigenvalue weighted by Gasteiger charge is -2.10. The zero-order chi connectivity index (χ0) is 14.4. The van der Waals surface area contributed by atoms with Crippen LogP contribution in [0.3, 0.4) is 0 Å². The molecule has 0 aliphatic carbocycles. The molecule has 2 N–H and O–H groups in total. The third-order valence-corrected chi connectivity index (χ3v) is 3.31. The fraction of sp³-hybridized carbons (Fsp3) is 0.385. The molecule has 19 heavy (non-hydrogen) atoms. The monoisotopic (exact) mass is 331 g/mol. The molecule has 0 bridgehead atoms. The van der Waals surface area contributed by atoms with E-state index in [9.17, 15) is 14.0 Å². The molecule has 0 saturated carbocycles. The van der Waals surface area contributed by atoms with Gasteiger partial charge in [-0.15, -0.1) is 0 Å². The fourth-order valence-corrected chi connectivity index (χ4v) is 2.02. The molecular formula is C13H15BrFNO3. The molecule has 6 heteroatoms. The minimum atomic E-state index is -0.923. The fourth-order valence-electron chi connectivity index (χ4n) is 1.63. The van der Waals surface area contributed by atoms with Crippen LogP contribution in [0.2, 0.25) is 0 Å². The first-order chi connectivity index (χ1) is 8.88. The van der Waals surface area contributed by atoms with Crippen LogP contribution in [0.25, 0.3) is 0 Å². The Kier molecular flexibility index (Phi) is 5.95. The smallest absolute Gasteiger partial charge is 0.303 e. The molecule has 4 nitrogen and oxygen atoms in total. The summed E-state index contributed by atoms with van der Waals surface area (Å²) in [6.45, 7) is 1.91. The number of carboxylic acid groups (broad SMARTS) is 1. The molecule has 1 aromatic carbocycles. The molecule has 0 aliphatic heterocycles. The molecule has 104 valence electrons. The molecule has 0 heterocycles. The van der Waals surface area contributed by atoms with Crippen molar-refractivity contribution in [2.75, 3.05) is 0 Å². The zero-order valence-electron chi connectivity index (χ0n) is 10.5. The Bertz CT molecular complexity index is 479. The van der Waals surface area contributed by atoms with Crippen LogP contribution in [0.4, 0.5) is 4.39 Å². The van der Waals surface area contributed by atoms with Crippen molar-refractivity contribution in [3.63, 3.8) is 0 Å². The predicted molar refractivity (Wildman–Crippen MR) is 72.0 cm³/mol.